The van der Waals surface area contributed by atoms with Crippen LogP contribution in [0.3, 0.4) is 0 Å². The van der Waals surface area contributed by atoms with Crippen molar-refractivity contribution < 1.29 is 4.39 Å². The van der Waals surface area contributed by atoms with Gasteiger partial charge in [0.25, 0.3) is 0 Å². The number of halogens is 4. The molecule has 0 fully saturated rings. The van der Waals surface area contributed by atoms with Crippen LogP contribution in [-0.2, 0) is 0 Å². The molecule has 0 radical (unpaired) electrons. The van der Waals surface area contributed by atoms with Crippen LogP contribution in [0.25, 0.3) is 22.5 Å². The lowest BCUT2D eigenvalue weighted by atomic mass is 10.1. The summed E-state index contributed by atoms with van der Waals surface area (Å²) in [5.41, 5.74) is 1.54. The van der Waals surface area contributed by atoms with Crippen molar-refractivity contribution in [2.45, 2.75) is 0 Å². The van der Waals surface area contributed by atoms with E-state index in [-0.39, 0.29) is 26.3 Å². The molecule has 0 aliphatic carbocycles. The second-order valence-corrected chi connectivity index (χ2v) is 5.64. The average Bonchev–Trinajstić information content (AvgIpc) is 2.50. The third kappa shape index (κ3) is 2.80. The van der Waals surface area contributed by atoms with Gasteiger partial charge in [-0.05, 0) is 30.3 Å². The Bertz CT molecular complexity index is 795. The molecule has 0 saturated heterocycles. The minimum Gasteiger partial charge on any atom is -0.255 e. The molecule has 0 aliphatic heterocycles. The molecule has 2 heterocycles. The molecule has 0 amide bonds. The van der Waals surface area contributed by atoms with E-state index in [9.17, 15) is 4.39 Å². The van der Waals surface area contributed by atoms with Gasteiger partial charge in [-0.1, -0.05) is 46.9 Å². The third-order valence-corrected chi connectivity index (χ3v) is 3.95. The average molecular weight is 354 g/mol. The second-order valence-electron chi connectivity index (χ2n) is 4.47. The van der Waals surface area contributed by atoms with Gasteiger partial charge in [0.1, 0.15) is 11.0 Å². The van der Waals surface area contributed by atoms with Crippen LogP contribution in [0.4, 0.5) is 4.39 Å². The van der Waals surface area contributed by atoms with Crippen molar-refractivity contribution >= 4 is 34.8 Å². The highest BCUT2D eigenvalue weighted by Gasteiger charge is 2.19. The summed E-state index contributed by atoms with van der Waals surface area (Å²) >= 11 is 18.6. The molecule has 0 spiro atoms. The number of pyridine rings is 2. The Labute approximate surface area is 141 Å². The van der Waals surface area contributed by atoms with Gasteiger partial charge >= 0.3 is 0 Å². The van der Waals surface area contributed by atoms with Gasteiger partial charge in [0.05, 0.1) is 21.4 Å². The first-order valence-electron chi connectivity index (χ1n) is 6.29. The number of nitrogens with zero attached hydrogens (tertiary/aromatic N) is 2. The fraction of sp³-hybridized carbons (Fsp3) is 0. The van der Waals surface area contributed by atoms with Crippen LogP contribution in [0.2, 0.25) is 15.2 Å². The zero-order valence-electron chi connectivity index (χ0n) is 11.0. The molecule has 0 aliphatic rings. The first kappa shape index (κ1) is 15.2. The maximum atomic E-state index is 14.1. The smallest absolute Gasteiger partial charge is 0.139 e. The molecule has 0 unspecified atom stereocenters. The SMILES string of the molecule is Fc1cccc(Cl)c1-c1c(Cl)cc(-c2ccccn2)nc1Cl. The highest BCUT2D eigenvalue weighted by Crippen LogP contribution is 2.40. The summed E-state index contributed by atoms with van der Waals surface area (Å²) in [5, 5.41) is 0.545. The van der Waals surface area contributed by atoms with Gasteiger partial charge in [-0.3, -0.25) is 4.98 Å². The molecule has 6 heteroatoms. The van der Waals surface area contributed by atoms with Crippen LogP contribution >= 0.6 is 34.8 Å². The lowest BCUT2D eigenvalue weighted by Gasteiger charge is -2.11. The van der Waals surface area contributed by atoms with Crippen LogP contribution in [0.5, 0.6) is 0 Å². The molecular weight excluding hydrogens is 346 g/mol. The van der Waals surface area contributed by atoms with Crippen LogP contribution in [0.15, 0.2) is 48.7 Å². The molecular formula is C16H8Cl3FN2. The fourth-order valence-corrected chi connectivity index (χ4v) is 2.97. The van der Waals surface area contributed by atoms with Gasteiger partial charge in [0, 0.05) is 17.3 Å². The largest absolute Gasteiger partial charge is 0.255 e. The Hall–Kier alpha value is -1.68. The highest BCUT2D eigenvalue weighted by atomic mass is 35.5. The van der Waals surface area contributed by atoms with Gasteiger partial charge in [-0.2, -0.15) is 0 Å². The van der Waals surface area contributed by atoms with Crippen molar-refractivity contribution in [1.29, 1.82) is 0 Å². The van der Waals surface area contributed by atoms with E-state index in [1.165, 1.54) is 12.1 Å². The molecule has 3 aromatic rings. The van der Waals surface area contributed by atoms with E-state index in [4.69, 9.17) is 34.8 Å². The minimum absolute atomic E-state index is 0.0696. The molecule has 2 aromatic heterocycles. The van der Waals surface area contributed by atoms with Gasteiger partial charge in [-0.15, -0.1) is 0 Å². The predicted molar refractivity (Wildman–Crippen MR) is 87.9 cm³/mol. The standard InChI is InChI=1S/C16H8Cl3FN2/c17-9-4-3-5-11(20)14(9)15-10(18)8-13(22-16(15)19)12-6-1-2-7-21-12/h1-8H. The van der Waals surface area contributed by atoms with Gasteiger partial charge in [0.15, 0.2) is 0 Å². The summed E-state index contributed by atoms with van der Waals surface area (Å²) in [4.78, 5) is 8.44. The van der Waals surface area contributed by atoms with E-state index in [2.05, 4.69) is 9.97 Å². The Balaban J connectivity index is 2.20. The summed E-state index contributed by atoms with van der Waals surface area (Å²) in [6, 6.07) is 11.4. The van der Waals surface area contributed by atoms with Crippen LogP contribution < -0.4 is 0 Å². The third-order valence-electron chi connectivity index (χ3n) is 3.07. The number of rotatable bonds is 2. The Morgan fingerprint density at radius 2 is 1.64 bits per heavy atom. The Morgan fingerprint density at radius 3 is 2.27 bits per heavy atom. The second kappa shape index (κ2) is 6.21. The number of benzene rings is 1. The van der Waals surface area contributed by atoms with E-state index in [0.717, 1.165) is 0 Å². The quantitative estimate of drug-likeness (QED) is 0.535. The highest BCUT2D eigenvalue weighted by molar-refractivity contribution is 6.40. The lowest BCUT2D eigenvalue weighted by molar-refractivity contribution is 0.631. The van der Waals surface area contributed by atoms with Crippen molar-refractivity contribution in [3.05, 3.63) is 69.7 Å². The maximum Gasteiger partial charge on any atom is 0.139 e. The minimum atomic E-state index is -0.510. The van der Waals surface area contributed by atoms with Crippen LogP contribution in [0.1, 0.15) is 0 Å². The van der Waals surface area contributed by atoms with Gasteiger partial charge in [0.2, 0.25) is 0 Å². The van der Waals surface area contributed by atoms with E-state index >= 15 is 0 Å². The van der Waals surface area contributed by atoms with Crippen LogP contribution in [0, 0.1) is 5.82 Å². The number of hydrogen-bond acceptors (Lipinski definition) is 2. The molecule has 0 atom stereocenters. The summed E-state index contributed by atoms with van der Waals surface area (Å²) in [7, 11) is 0. The summed E-state index contributed by atoms with van der Waals surface area (Å²) in [6.45, 7) is 0. The molecule has 0 bridgehead atoms. The molecule has 0 saturated carbocycles. The first-order chi connectivity index (χ1) is 10.6. The van der Waals surface area contributed by atoms with E-state index in [1.807, 2.05) is 6.07 Å². The zero-order valence-corrected chi connectivity index (χ0v) is 13.3. The predicted octanol–water partition coefficient (Wildman–Crippen LogP) is 5.91. The van der Waals surface area contributed by atoms with E-state index in [0.29, 0.717) is 11.4 Å². The van der Waals surface area contributed by atoms with Crippen molar-refractivity contribution in [3.8, 4) is 22.5 Å². The first-order valence-corrected chi connectivity index (χ1v) is 7.43. The Kier molecular flexibility index (Phi) is 4.30. The normalized spacial score (nSPS) is 10.7. The molecule has 1 aromatic carbocycles. The topological polar surface area (TPSA) is 25.8 Å². The molecule has 22 heavy (non-hydrogen) atoms. The fourth-order valence-electron chi connectivity index (χ4n) is 2.09. The number of aromatic nitrogens is 2. The van der Waals surface area contributed by atoms with Crippen molar-refractivity contribution in [3.63, 3.8) is 0 Å². The lowest BCUT2D eigenvalue weighted by Crippen LogP contribution is -1.94. The van der Waals surface area contributed by atoms with Crippen molar-refractivity contribution in [2.75, 3.05) is 0 Å². The number of hydrogen-bond donors (Lipinski definition) is 0. The summed E-state index contributed by atoms with van der Waals surface area (Å²) in [6.07, 6.45) is 1.64. The van der Waals surface area contributed by atoms with Crippen molar-refractivity contribution in [1.82, 2.24) is 9.97 Å². The summed E-state index contributed by atoms with van der Waals surface area (Å²) < 4.78 is 14.1. The Morgan fingerprint density at radius 1 is 0.818 bits per heavy atom. The van der Waals surface area contributed by atoms with Crippen LogP contribution in [-0.4, -0.2) is 9.97 Å². The zero-order chi connectivity index (χ0) is 15.7. The molecule has 110 valence electrons. The molecule has 0 N–H and O–H groups in total. The van der Waals surface area contributed by atoms with E-state index in [1.54, 1.807) is 30.5 Å². The molecule has 2 nitrogen and oxygen atoms in total. The van der Waals surface area contributed by atoms with E-state index < -0.39 is 5.82 Å². The van der Waals surface area contributed by atoms with Gasteiger partial charge < -0.3 is 0 Å². The maximum absolute atomic E-state index is 14.1. The van der Waals surface area contributed by atoms with Gasteiger partial charge in [-0.25, -0.2) is 9.37 Å². The molecule has 3 rings (SSSR count). The summed E-state index contributed by atoms with van der Waals surface area (Å²) in [5.74, 6) is -0.510. The van der Waals surface area contributed by atoms with Crippen molar-refractivity contribution in [2.24, 2.45) is 0 Å². The monoisotopic (exact) mass is 352 g/mol.